The summed E-state index contributed by atoms with van der Waals surface area (Å²) < 4.78 is 35.1. The van der Waals surface area contributed by atoms with Gasteiger partial charge in [-0.15, -0.1) is 5.10 Å². The molecule has 11 heteroatoms. The molecule has 2 atom stereocenters. The van der Waals surface area contributed by atoms with Gasteiger partial charge in [-0.25, -0.2) is 9.48 Å². The third-order valence-electron chi connectivity index (χ3n) is 3.58. The molecule has 1 saturated heterocycles. The van der Waals surface area contributed by atoms with Crippen LogP contribution in [0.4, 0.5) is 4.79 Å². The van der Waals surface area contributed by atoms with E-state index in [-0.39, 0.29) is 13.1 Å². The van der Waals surface area contributed by atoms with Crippen molar-refractivity contribution in [3.05, 3.63) is 11.9 Å². The van der Waals surface area contributed by atoms with Crippen molar-refractivity contribution >= 4 is 16.2 Å². The molecule has 0 N–H and O–H groups in total. The fraction of sp³-hybridized carbons (Fsp3) is 0.733. The summed E-state index contributed by atoms with van der Waals surface area (Å²) in [5, 5.41) is 16.6. The third-order valence-corrected chi connectivity index (χ3v) is 4.17. The van der Waals surface area contributed by atoms with Gasteiger partial charge in [-0.1, -0.05) is 5.21 Å². The molecular formula is C15H23N5O5S. The Balaban J connectivity index is 2.19. The van der Waals surface area contributed by atoms with Crippen molar-refractivity contribution in [1.82, 2.24) is 19.9 Å². The lowest BCUT2D eigenvalue weighted by molar-refractivity contribution is 0.0275. The van der Waals surface area contributed by atoms with Crippen molar-refractivity contribution in [1.29, 1.82) is 5.26 Å². The summed E-state index contributed by atoms with van der Waals surface area (Å²) in [6.07, 6.45) is 1.99. The predicted octanol–water partition coefficient (Wildman–Crippen LogP) is 0.871. The summed E-state index contributed by atoms with van der Waals surface area (Å²) in [6, 6.07) is 1.50. The summed E-state index contributed by atoms with van der Waals surface area (Å²) in [5.74, 6) is 0. The molecule has 0 radical (unpaired) electrons. The smallest absolute Gasteiger partial charge is 0.410 e. The molecule has 0 bridgehead atoms. The second kappa shape index (κ2) is 7.59. The molecule has 2 heterocycles. The lowest BCUT2D eigenvalue weighted by Crippen LogP contribution is -2.36. The standard InChI is InChI=1S/C15H23N5O5S/c1-15(2,3)24-14(21)19-9-12(13(10-19)25-26(4,22)23)20-8-11(17-18-20)6-5-7-16/h8,12-13H,5-6,9-10H2,1-4H3/t12-,13-/m1/s1. The van der Waals surface area contributed by atoms with Gasteiger partial charge in [0.15, 0.2) is 0 Å². The minimum absolute atomic E-state index is 0.0556. The average molecular weight is 385 g/mol. The summed E-state index contributed by atoms with van der Waals surface area (Å²) >= 11 is 0. The molecule has 1 aromatic rings. The zero-order valence-electron chi connectivity index (χ0n) is 15.2. The minimum atomic E-state index is -3.72. The zero-order chi connectivity index (χ0) is 19.5. The molecule has 10 nitrogen and oxygen atoms in total. The highest BCUT2D eigenvalue weighted by Crippen LogP contribution is 2.27. The van der Waals surface area contributed by atoms with Gasteiger partial charge in [0, 0.05) is 25.6 Å². The molecule has 0 saturated carbocycles. The van der Waals surface area contributed by atoms with Crippen molar-refractivity contribution in [3.63, 3.8) is 0 Å². The van der Waals surface area contributed by atoms with Crippen LogP contribution >= 0.6 is 0 Å². The van der Waals surface area contributed by atoms with Crippen molar-refractivity contribution < 1.29 is 22.1 Å². The Hall–Kier alpha value is -2.19. The maximum Gasteiger partial charge on any atom is 0.410 e. The SMILES string of the molecule is CC(C)(C)OC(=O)N1C[C@@H](n2cc(CCC#N)nn2)[C@H](OS(C)(=O)=O)C1. The van der Waals surface area contributed by atoms with Crippen molar-refractivity contribution in [2.75, 3.05) is 19.3 Å². The number of carbonyl (C=O) groups is 1. The van der Waals surface area contributed by atoms with Crippen LogP contribution in [0, 0.1) is 11.3 Å². The molecule has 0 unspecified atom stereocenters. The number of hydrogen-bond donors (Lipinski definition) is 0. The highest BCUT2D eigenvalue weighted by atomic mass is 32.2. The summed E-state index contributed by atoms with van der Waals surface area (Å²) in [6.45, 7) is 5.49. The van der Waals surface area contributed by atoms with E-state index in [2.05, 4.69) is 10.3 Å². The van der Waals surface area contributed by atoms with E-state index in [0.29, 0.717) is 18.5 Å². The first kappa shape index (κ1) is 20.1. The predicted molar refractivity (Wildman–Crippen MR) is 90.5 cm³/mol. The monoisotopic (exact) mass is 385 g/mol. The first-order chi connectivity index (χ1) is 12.0. The molecule has 1 fully saturated rings. The average Bonchev–Trinajstić information content (AvgIpc) is 3.08. The van der Waals surface area contributed by atoms with Gasteiger partial charge in [-0.2, -0.15) is 13.7 Å². The number of aromatic nitrogens is 3. The van der Waals surface area contributed by atoms with Gasteiger partial charge in [0.25, 0.3) is 10.1 Å². The van der Waals surface area contributed by atoms with E-state index in [4.69, 9.17) is 14.2 Å². The molecule has 2 rings (SSSR count). The lowest BCUT2D eigenvalue weighted by Gasteiger charge is -2.24. The Morgan fingerprint density at radius 1 is 1.42 bits per heavy atom. The van der Waals surface area contributed by atoms with Crippen LogP contribution in [0.2, 0.25) is 0 Å². The van der Waals surface area contributed by atoms with Crippen LogP contribution < -0.4 is 0 Å². The van der Waals surface area contributed by atoms with Crippen LogP contribution in [0.1, 0.15) is 38.9 Å². The first-order valence-electron chi connectivity index (χ1n) is 8.12. The normalized spacial score (nSPS) is 20.8. The van der Waals surface area contributed by atoms with Crippen molar-refractivity contribution in [2.24, 2.45) is 0 Å². The highest BCUT2D eigenvalue weighted by Gasteiger charge is 2.41. The maximum absolute atomic E-state index is 12.3. The van der Waals surface area contributed by atoms with Crippen molar-refractivity contribution in [2.45, 2.75) is 51.4 Å². The number of nitriles is 1. The van der Waals surface area contributed by atoms with Crippen molar-refractivity contribution in [3.8, 4) is 6.07 Å². The van der Waals surface area contributed by atoms with E-state index in [1.165, 1.54) is 9.58 Å². The van der Waals surface area contributed by atoms with Gasteiger partial charge in [0.2, 0.25) is 0 Å². The fourth-order valence-electron chi connectivity index (χ4n) is 2.58. The van der Waals surface area contributed by atoms with Gasteiger partial charge in [0.1, 0.15) is 17.7 Å². The largest absolute Gasteiger partial charge is 0.444 e. The van der Waals surface area contributed by atoms with Crippen LogP contribution in [0.25, 0.3) is 0 Å². The van der Waals surface area contributed by atoms with Gasteiger partial charge >= 0.3 is 6.09 Å². The summed E-state index contributed by atoms with van der Waals surface area (Å²) in [5.41, 5.74) is -0.0551. The Morgan fingerprint density at radius 2 is 2.12 bits per heavy atom. The Labute approximate surface area is 152 Å². The lowest BCUT2D eigenvalue weighted by atomic mass is 10.2. The number of carbonyl (C=O) groups excluding carboxylic acids is 1. The van der Waals surface area contributed by atoms with Gasteiger partial charge < -0.3 is 9.64 Å². The second-order valence-electron chi connectivity index (χ2n) is 7.14. The van der Waals surface area contributed by atoms with Crippen LogP contribution in [-0.2, 0) is 25.5 Å². The molecule has 0 aromatic carbocycles. The molecule has 144 valence electrons. The fourth-order valence-corrected chi connectivity index (χ4v) is 3.22. The van der Waals surface area contributed by atoms with Gasteiger partial charge in [-0.3, -0.25) is 4.18 Å². The molecule has 1 aliphatic heterocycles. The van der Waals surface area contributed by atoms with E-state index in [0.717, 1.165) is 6.26 Å². The number of nitrogens with zero attached hydrogens (tertiary/aromatic N) is 5. The van der Waals surface area contributed by atoms with E-state index >= 15 is 0 Å². The number of ether oxygens (including phenoxy) is 1. The number of hydrogen-bond acceptors (Lipinski definition) is 8. The van der Waals surface area contributed by atoms with E-state index in [9.17, 15) is 13.2 Å². The van der Waals surface area contributed by atoms with E-state index < -0.39 is 34.0 Å². The maximum atomic E-state index is 12.3. The molecular weight excluding hydrogens is 362 g/mol. The molecule has 1 aromatic heterocycles. The Kier molecular flexibility index (Phi) is 5.87. The second-order valence-corrected chi connectivity index (χ2v) is 8.74. The number of likely N-dealkylation sites (tertiary alicyclic amines) is 1. The van der Waals surface area contributed by atoms with E-state index in [1.54, 1.807) is 27.0 Å². The molecule has 1 amide bonds. The first-order valence-corrected chi connectivity index (χ1v) is 9.94. The zero-order valence-corrected chi connectivity index (χ0v) is 16.1. The summed E-state index contributed by atoms with van der Waals surface area (Å²) in [7, 11) is -3.72. The number of aryl methyl sites for hydroxylation is 1. The summed E-state index contributed by atoms with van der Waals surface area (Å²) in [4.78, 5) is 13.7. The van der Waals surface area contributed by atoms with Gasteiger partial charge in [0.05, 0.1) is 24.6 Å². The molecule has 26 heavy (non-hydrogen) atoms. The van der Waals surface area contributed by atoms with Crippen LogP contribution in [0.5, 0.6) is 0 Å². The Morgan fingerprint density at radius 3 is 2.69 bits per heavy atom. The molecule has 0 aliphatic carbocycles. The van der Waals surface area contributed by atoms with Crippen LogP contribution in [-0.4, -0.2) is 65.5 Å². The molecule has 0 spiro atoms. The number of amides is 1. The quantitative estimate of drug-likeness (QED) is 0.683. The minimum Gasteiger partial charge on any atom is -0.444 e. The van der Waals surface area contributed by atoms with Crippen LogP contribution in [0.3, 0.4) is 0 Å². The van der Waals surface area contributed by atoms with E-state index in [1.807, 2.05) is 6.07 Å². The topological polar surface area (TPSA) is 127 Å². The number of rotatable bonds is 5. The van der Waals surface area contributed by atoms with Gasteiger partial charge in [-0.05, 0) is 20.8 Å². The Bertz CT molecular complexity index is 792. The van der Waals surface area contributed by atoms with Crippen LogP contribution in [0.15, 0.2) is 6.20 Å². The molecule has 1 aliphatic rings. The highest BCUT2D eigenvalue weighted by molar-refractivity contribution is 7.86. The third kappa shape index (κ3) is 5.67.